The van der Waals surface area contributed by atoms with Gasteiger partial charge in [-0.05, 0) is 52.4 Å². The molecule has 3 N–H and O–H groups in total. The number of likely N-dealkylation sites (tertiary alicyclic amines) is 1. The van der Waals surface area contributed by atoms with E-state index in [1.54, 1.807) is 12.3 Å². The number of hydrogen-bond acceptors (Lipinski definition) is 6. The van der Waals surface area contributed by atoms with Crippen molar-refractivity contribution in [3.63, 3.8) is 0 Å². The first-order valence-corrected chi connectivity index (χ1v) is 8.60. The molecule has 0 bridgehead atoms. The van der Waals surface area contributed by atoms with Gasteiger partial charge in [0.2, 0.25) is 0 Å². The van der Waals surface area contributed by atoms with Gasteiger partial charge in [-0.1, -0.05) is 0 Å². The summed E-state index contributed by atoms with van der Waals surface area (Å²) in [6.07, 6.45) is 7.26. The normalized spacial score (nSPS) is 19.5. The van der Waals surface area contributed by atoms with Crippen molar-refractivity contribution >= 4 is 5.82 Å². The van der Waals surface area contributed by atoms with Crippen LogP contribution in [0.3, 0.4) is 0 Å². The van der Waals surface area contributed by atoms with Gasteiger partial charge in [0.1, 0.15) is 11.6 Å². The molecule has 3 rings (SSSR count). The Morgan fingerprint density at radius 3 is 3.00 bits per heavy atom. The van der Waals surface area contributed by atoms with Gasteiger partial charge in [-0.2, -0.15) is 5.10 Å². The van der Waals surface area contributed by atoms with E-state index in [0.29, 0.717) is 11.9 Å². The van der Waals surface area contributed by atoms with Crippen molar-refractivity contribution in [3.05, 3.63) is 35.5 Å². The van der Waals surface area contributed by atoms with E-state index in [1.807, 2.05) is 6.20 Å². The Morgan fingerprint density at radius 2 is 2.25 bits per heavy atom. The number of nitrogens with zero attached hydrogens (tertiary/aromatic N) is 5. The molecule has 0 aliphatic carbocycles. The third kappa shape index (κ3) is 4.30. The van der Waals surface area contributed by atoms with Crippen molar-refractivity contribution in [1.82, 2.24) is 30.0 Å². The molecule has 3 heterocycles. The molecular weight excluding hydrogens is 302 g/mol. The molecule has 0 aromatic carbocycles. The summed E-state index contributed by atoms with van der Waals surface area (Å²) in [4.78, 5) is 13.5. The second-order valence-corrected chi connectivity index (χ2v) is 6.69. The molecule has 1 unspecified atom stereocenters. The smallest absolute Gasteiger partial charge is 0.144 e. The topological polar surface area (TPSA) is 87.0 Å². The van der Waals surface area contributed by atoms with Gasteiger partial charge >= 0.3 is 0 Å². The number of nitrogens with one attached hydrogen (secondary N) is 1. The fourth-order valence-corrected chi connectivity index (χ4v) is 3.36. The lowest BCUT2D eigenvalue weighted by Gasteiger charge is -2.26. The van der Waals surface area contributed by atoms with E-state index in [0.717, 1.165) is 38.4 Å². The average molecular weight is 329 g/mol. The molecule has 2 aromatic rings. The number of aromatic amines is 1. The summed E-state index contributed by atoms with van der Waals surface area (Å²) in [5.41, 5.74) is 8.22. The molecule has 7 heteroatoms. The molecule has 24 heavy (non-hydrogen) atoms. The monoisotopic (exact) mass is 329 g/mol. The Labute approximate surface area is 143 Å². The Hall–Kier alpha value is -1.99. The third-order valence-electron chi connectivity index (χ3n) is 4.86. The van der Waals surface area contributed by atoms with Crippen molar-refractivity contribution in [2.45, 2.75) is 45.3 Å². The fourth-order valence-electron chi connectivity index (χ4n) is 3.36. The number of aromatic nitrogens is 4. The van der Waals surface area contributed by atoms with Crippen LogP contribution in [0.4, 0.5) is 5.82 Å². The summed E-state index contributed by atoms with van der Waals surface area (Å²) >= 11 is 0. The molecule has 1 fully saturated rings. The summed E-state index contributed by atoms with van der Waals surface area (Å²) in [5.74, 6) is 1.34. The van der Waals surface area contributed by atoms with Crippen LogP contribution in [0.2, 0.25) is 0 Å². The number of anilines is 1. The van der Waals surface area contributed by atoms with Gasteiger partial charge in [0.25, 0.3) is 0 Å². The SMILES string of the molecule is Cc1[nH]ncc1CN1CCCC(N(C)Cc2nccc(N)n2)CC1. The van der Waals surface area contributed by atoms with E-state index < -0.39 is 0 Å². The highest BCUT2D eigenvalue weighted by Crippen LogP contribution is 2.19. The van der Waals surface area contributed by atoms with Crippen LogP contribution in [0.1, 0.15) is 36.3 Å². The third-order valence-corrected chi connectivity index (χ3v) is 4.86. The minimum absolute atomic E-state index is 0.538. The average Bonchev–Trinajstić information content (AvgIpc) is 2.81. The predicted molar refractivity (Wildman–Crippen MR) is 94.2 cm³/mol. The first-order valence-electron chi connectivity index (χ1n) is 8.60. The number of rotatable bonds is 5. The van der Waals surface area contributed by atoms with Crippen molar-refractivity contribution in [2.75, 3.05) is 25.9 Å². The van der Waals surface area contributed by atoms with Gasteiger partial charge in [0.05, 0.1) is 12.7 Å². The number of H-pyrrole nitrogens is 1. The van der Waals surface area contributed by atoms with Crippen LogP contribution in [0.15, 0.2) is 18.5 Å². The molecule has 1 saturated heterocycles. The Morgan fingerprint density at radius 1 is 1.38 bits per heavy atom. The van der Waals surface area contributed by atoms with Crippen LogP contribution in [0, 0.1) is 6.92 Å². The molecule has 130 valence electrons. The molecular formula is C17H27N7. The number of aryl methyl sites for hydroxylation is 1. The van der Waals surface area contributed by atoms with Crippen molar-refractivity contribution in [2.24, 2.45) is 0 Å². The van der Waals surface area contributed by atoms with Crippen LogP contribution in [0.25, 0.3) is 0 Å². The highest BCUT2D eigenvalue weighted by molar-refractivity contribution is 5.25. The Balaban J connectivity index is 1.54. The molecule has 0 saturated carbocycles. The van der Waals surface area contributed by atoms with Gasteiger partial charge in [0, 0.05) is 30.0 Å². The summed E-state index contributed by atoms with van der Waals surface area (Å²) in [5, 5.41) is 7.15. The van der Waals surface area contributed by atoms with Crippen LogP contribution in [0.5, 0.6) is 0 Å². The number of nitrogens with two attached hydrogens (primary N) is 1. The van der Waals surface area contributed by atoms with E-state index >= 15 is 0 Å². The summed E-state index contributed by atoms with van der Waals surface area (Å²) in [7, 11) is 2.16. The molecule has 0 spiro atoms. The first-order chi connectivity index (χ1) is 11.6. The van der Waals surface area contributed by atoms with Crippen molar-refractivity contribution in [3.8, 4) is 0 Å². The summed E-state index contributed by atoms with van der Waals surface area (Å²) < 4.78 is 0. The molecule has 2 aromatic heterocycles. The van der Waals surface area contributed by atoms with E-state index in [1.165, 1.54) is 24.1 Å². The van der Waals surface area contributed by atoms with Gasteiger partial charge < -0.3 is 5.73 Å². The van der Waals surface area contributed by atoms with Gasteiger partial charge in [-0.3, -0.25) is 14.9 Å². The second kappa shape index (κ2) is 7.72. The highest BCUT2D eigenvalue weighted by Gasteiger charge is 2.21. The van der Waals surface area contributed by atoms with E-state index in [4.69, 9.17) is 5.73 Å². The highest BCUT2D eigenvalue weighted by atomic mass is 15.2. The maximum atomic E-state index is 5.75. The maximum absolute atomic E-state index is 5.75. The Kier molecular flexibility index (Phi) is 5.42. The number of nitrogen functional groups attached to an aromatic ring is 1. The molecule has 1 aliphatic rings. The van der Waals surface area contributed by atoms with Gasteiger partial charge in [0.15, 0.2) is 0 Å². The maximum Gasteiger partial charge on any atom is 0.144 e. The first kappa shape index (κ1) is 16.9. The summed E-state index contributed by atoms with van der Waals surface area (Å²) in [6.45, 7) is 6.07. The van der Waals surface area contributed by atoms with Crippen LogP contribution >= 0.6 is 0 Å². The van der Waals surface area contributed by atoms with Crippen LogP contribution < -0.4 is 5.73 Å². The molecule has 0 radical (unpaired) electrons. The van der Waals surface area contributed by atoms with Crippen LogP contribution in [-0.2, 0) is 13.1 Å². The zero-order chi connectivity index (χ0) is 16.9. The number of hydrogen-bond donors (Lipinski definition) is 2. The largest absolute Gasteiger partial charge is 0.384 e. The zero-order valence-corrected chi connectivity index (χ0v) is 14.6. The molecule has 7 nitrogen and oxygen atoms in total. The molecule has 1 atom stereocenters. The molecule has 0 amide bonds. The van der Waals surface area contributed by atoms with E-state index in [-0.39, 0.29) is 0 Å². The lowest BCUT2D eigenvalue weighted by Crippen LogP contribution is -2.33. The van der Waals surface area contributed by atoms with Crippen molar-refractivity contribution < 1.29 is 0 Å². The minimum atomic E-state index is 0.538. The van der Waals surface area contributed by atoms with Crippen LogP contribution in [-0.4, -0.2) is 56.1 Å². The standard InChI is InChI=1S/C17H27N7/c1-13-14(10-20-22-13)11-24-8-3-4-15(6-9-24)23(2)12-17-19-7-5-16(18)21-17/h5,7,10,15H,3-4,6,8-9,11-12H2,1-2H3,(H,20,22)(H2,18,19,21). The predicted octanol–water partition coefficient (Wildman–Crippen LogP) is 1.58. The zero-order valence-electron chi connectivity index (χ0n) is 14.6. The Bertz CT molecular complexity index is 654. The quantitative estimate of drug-likeness (QED) is 0.866. The molecule has 1 aliphatic heterocycles. The van der Waals surface area contributed by atoms with E-state index in [9.17, 15) is 0 Å². The van der Waals surface area contributed by atoms with Crippen molar-refractivity contribution in [1.29, 1.82) is 0 Å². The van der Waals surface area contributed by atoms with Gasteiger partial charge in [-0.15, -0.1) is 0 Å². The fraction of sp³-hybridized carbons (Fsp3) is 0.588. The summed E-state index contributed by atoms with van der Waals surface area (Å²) in [6, 6.07) is 2.29. The lowest BCUT2D eigenvalue weighted by atomic mass is 10.1. The van der Waals surface area contributed by atoms with Gasteiger partial charge in [-0.25, -0.2) is 9.97 Å². The minimum Gasteiger partial charge on any atom is -0.384 e. The second-order valence-electron chi connectivity index (χ2n) is 6.69. The lowest BCUT2D eigenvalue weighted by molar-refractivity contribution is 0.202. The van der Waals surface area contributed by atoms with E-state index in [2.05, 4.69) is 43.9 Å².